The second-order valence-electron chi connectivity index (χ2n) is 6.63. The number of hydrogen-bond acceptors (Lipinski definition) is 2. The van der Waals surface area contributed by atoms with Crippen molar-refractivity contribution in [3.63, 3.8) is 0 Å². The smallest absolute Gasteiger partial charge is 0.0244 e. The summed E-state index contributed by atoms with van der Waals surface area (Å²) < 4.78 is 0. The summed E-state index contributed by atoms with van der Waals surface area (Å²) in [6, 6.07) is 0.582. The van der Waals surface area contributed by atoms with Crippen LogP contribution in [0.4, 0.5) is 0 Å². The quantitative estimate of drug-likeness (QED) is 0.573. The van der Waals surface area contributed by atoms with Crippen molar-refractivity contribution in [3.05, 3.63) is 0 Å². The van der Waals surface area contributed by atoms with Gasteiger partial charge in [-0.2, -0.15) is 0 Å². The molecule has 2 aliphatic rings. The number of hydrogen-bond donors (Lipinski definition) is 2. The molecule has 18 heavy (non-hydrogen) atoms. The molecule has 0 spiro atoms. The largest absolute Gasteiger partial charge is 0.271 e. The Labute approximate surface area is 113 Å². The standard InChI is InChI=1S/C16H32N2/c1-2-14-10-6-7-11-15(14)16(18-17)12-13-8-4-3-5-9-13/h13-16,18H,2-12,17H2,1H3. The molecule has 2 nitrogen and oxygen atoms in total. The average molecular weight is 252 g/mol. The second kappa shape index (κ2) is 7.49. The molecule has 3 atom stereocenters. The molecular weight excluding hydrogens is 220 g/mol. The molecule has 0 aromatic rings. The zero-order chi connectivity index (χ0) is 12.8. The first kappa shape index (κ1) is 14.3. The third kappa shape index (κ3) is 3.71. The van der Waals surface area contributed by atoms with Gasteiger partial charge in [-0.15, -0.1) is 0 Å². The number of nitrogens with two attached hydrogens (primary N) is 1. The summed E-state index contributed by atoms with van der Waals surface area (Å²) in [6.07, 6.45) is 15.6. The third-order valence-corrected chi connectivity index (χ3v) is 5.54. The van der Waals surface area contributed by atoms with E-state index in [0.29, 0.717) is 6.04 Å². The van der Waals surface area contributed by atoms with Crippen LogP contribution in [0, 0.1) is 17.8 Å². The maximum atomic E-state index is 5.89. The summed E-state index contributed by atoms with van der Waals surface area (Å²) in [5, 5.41) is 0. The van der Waals surface area contributed by atoms with Crippen molar-refractivity contribution < 1.29 is 0 Å². The lowest BCUT2D eigenvalue weighted by Gasteiger charge is -2.38. The lowest BCUT2D eigenvalue weighted by atomic mass is 9.71. The highest BCUT2D eigenvalue weighted by Crippen LogP contribution is 2.37. The maximum absolute atomic E-state index is 5.89. The Morgan fingerprint density at radius 3 is 2.33 bits per heavy atom. The van der Waals surface area contributed by atoms with Crippen LogP contribution in [0.5, 0.6) is 0 Å². The van der Waals surface area contributed by atoms with Gasteiger partial charge in [0.2, 0.25) is 0 Å². The van der Waals surface area contributed by atoms with Gasteiger partial charge in [-0.3, -0.25) is 11.3 Å². The number of rotatable bonds is 5. The molecular formula is C16H32N2. The monoisotopic (exact) mass is 252 g/mol. The molecule has 3 unspecified atom stereocenters. The lowest BCUT2D eigenvalue weighted by molar-refractivity contribution is 0.148. The van der Waals surface area contributed by atoms with E-state index < -0.39 is 0 Å². The SMILES string of the molecule is CCC1CCCCC1C(CC1CCCCC1)NN. The van der Waals surface area contributed by atoms with Gasteiger partial charge in [-0.25, -0.2) is 0 Å². The minimum absolute atomic E-state index is 0.582. The van der Waals surface area contributed by atoms with Crippen molar-refractivity contribution in [2.75, 3.05) is 0 Å². The third-order valence-electron chi connectivity index (χ3n) is 5.54. The summed E-state index contributed by atoms with van der Waals surface area (Å²) >= 11 is 0. The van der Waals surface area contributed by atoms with Gasteiger partial charge in [-0.05, 0) is 30.6 Å². The Balaban J connectivity index is 1.89. The summed E-state index contributed by atoms with van der Waals surface area (Å²) in [5.41, 5.74) is 3.18. The van der Waals surface area contributed by atoms with Crippen LogP contribution in [0.2, 0.25) is 0 Å². The number of hydrazine groups is 1. The van der Waals surface area contributed by atoms with Crippen LogP contribution in [0.25, 0.3) is 0 Å². The van der Waals surface area contributed by atoms with E-state index in [1.54, 1.807) is 0 Å². The van der Waals surface area contributed by atoms with Gasteiger partial charge in [0, 0.05) is 6.04 Å². The van der Waals surface area contributed by atoms with Crippen LogP contribution in [0.1, 0.15) is 77.6 Å². The molecule has 3 N–H and O–H groups in total. The Hall–Kier alpha value is -0.0800. The Bertz CT molecular complexity index is 223. The zero-order valence-electron chi connectivity index (χ0n) is 12.2. The second-order valence-corrected chi connectivity index (χ2v) is 6.63. The van der Waals surface area contributed by atoms with Crippen molar-refractivity contribution in [1.82, 2.24) is 5.43 Å². The van der Waals surface area contributed by atoms with E-state index in [1.165, 1.54) is 70.6 Å². The number of nitrogens with one attached hydrogen (secondary N) is 1. The van der Waals surface area contributed by atoms with Crippen LogP contribution in [0.3, 0.4) is 0 Å². The van der Waals surface area contributed by atoms with Gasteiger partial charge < -0.3 is 0 Å². The first-order chi connectivity index (χ1) is 8.85. The van der Waals surface area contributed by atoms with Crippen molar-refractivity contribution in [3.8, 4) is 0 Å². The summed E-state index contributed by atoms with van der Waals surface area (Å²) in [4.78, 5) is 0. The van der Waals surface area contributed by atoms with E-state index >= 15 is 0 Å². The molecule has 0 heterocycles. The molecule has 2 saturated carbocycles. The molecule has 0 aliphatic heterocycles. The van der Waals surface area contributed by atoms with E-state index in [4.69, 9.17) is 5.84 Å². The molecule has 0 radical (unpaired) electrons. The molecule has 2 heteroatoms. The Kier molecular flexibility index (Phi) is 5.97. The van der Waals surface area contributed by atoms with Gasteiger partial charge in [0.15, 0.2) is 0 Å². The average Bonchev–Trinajstić information content (AvgIpc) is 2.46. The summed E-state index contributed by atoms with van der Waals surface area (Å²) in [6.45, 7) is 2.36. The van der Waals surface area contributed by atoms with Crippen molar-refractivity contribution in [2.45, 2.75) is 83.6 Å². The summed E-state index contributed by atoms with van der Waals surface area (Å²) in [7, 11) is 0. The first-order valence-electron chi connectivity index (χ1n) is 8.31. The van der Waals surface area contributed by atoms with E-state index in [2.05, 4.69) is 12.3 Å². The lowest BCUT2D eigenvalue weighted by Crippen LogP contribution is -2.45. The fraction of sp³-hybridized carbons (Fsp3) is 1.00. The predicted molar refractivity (Wildman–Crippen MR) is 78.0 cm³/mol. The van der Waals surface area contributed by atoms with Gasteiger partial charge in [0.25, 0.3) is 0 Å². The minimum atomic E-state index is 0.582. The van der Waals surface area contributed by atoms with Gasteiger partial charge in [-0.1, -0.05) is 64.7 Å². The van der Waals surface area contributed by atoms with Crippen LogP contribution >= 0.6 is 0 Å². The highest BCUT2D eigenvalue weighted by atomic mass is 15.2. The minimum Gasteiger partial charge on any atom is -0.271 e. The molecule has 0 aromatic heterocycles. The van der Waals surface area contributed by atoms with Crippen LogP contribution in [0.15, 0.2) is 0 Å². The fourth-order valence-electron chi connectivity index (χ4n) is 4.42. The van der Waals surface area contributed by atoms with Crippen LogP contribution in [-0.4, -0.2) is 6.04 Å². The van der Waals surface area contributed by atoms with E-state index in [9.17, 15) is 0 Å². The van der Waals surface area contributed by atoms with Crippen LogP contribution in [-0.2, 0) is 0 Å². The molecule has 2 rings (SSSR count). The van der Waals surface area contributed by atoms with Gasteiger partial charge in [0.05, 0.1) is 0 Å². The molecule has 2 fully saturated rings. The molecule has 106 valence electrons. The van der Waals surface area contributed by atoms with E-state index in [0.717, 1.165) is 17.8 Å². The van der Waals surface area contributed by atoms with Crippen molar-refractivity contribution in [1.29, 1.82) is 0 Å². The summed E-state index contributed by atoms with van der Waals surface area (Å²) in [5.74, 6) is 8.59. The van der Waals surface area contributed by atoms with E-state index in [-0.39, 0.29) is 0 Å². The first-order valence-corrected chi connectivity index (χ1v) is 8.31. The molecule has 0 bridgehead atoms. The van der Waals surface area contributed by atoms with E-state index in [1.807, 2.05) is 0 Å². The Morgan fingerprint density at radius 1 is 1.00 bits per heavy atom. The van der Waals surface area contributed by atoms with Gasteiger partial charge in [0.1, 0.15) is 0 Å². The highest BCUT2D eigenvalue weighted by Gasteiger charge is 2.31. The zero-order valence-corrected chi connectivity index (χ0v) is 12.2. The molecule has 0 saturated heterocycles. The highest BCUT2D eigenvalue weighted by molar-refractivity contribution is 4.85. The molecule has 0 amide bonds. The van der Waals surface area contributed by atoms with Crippen molar-refractivity contribution >= 4 is 0 Å². The molecule has 2 aliphatic carbocycles. The fourth-order valence-corrected chi connectivity index (χ4v) is 4.42. The normalized spacial score (nSPS) is 32.3. The topological polar surface area (TPSA) is 38.0 Å². The Morgan fingerprint density at radius 2 is 1.67 bits per heavy atom. The van der Waals surface area contributed by atoms with Crippen LogP contribution < -0.4 is 11.3 Å². The maximum Gasteiger partial charge on any atom is 0.0244 e. The molecule has 0 aromatic carbocycles. The van der Waals surface area contributed by atoms with Crippen molar-refractivity contribution in [2.24, 2.45) is 23.6 Å². The van der Waals surface area contributed by atoms with Gasteiger partial charge >= 0.3 is 0 Å². The predicted octanol–water partition coefficient (Wildman–Crippen LogP) is 4.01.